The van der Waals surface area contributed by atoms with Crippen molar-refractivity contribution in [2.24, 2.45) is 0 Å². The Morgan fingerprint density at radius 3 is 2.94 bits per heavy atom. The number of pyridine rings is 1. The molecule has 0 aliphatic heterocycles. The van der Waals surface area contributed by atoms with Crippen molar-refractivity contribution in [2.45, 2.75) is 19.4 Å². The minimum absolute atomic E-state index is 0.308. The molecule has 18 heavy (non-hydrogen) atoms. The largest absolute Gasteiger partial charge is 0.490 e. The number of nitrogens with zero attached hydrogens (tertiary/aromatic N) is 2. The van der Waals surface area contributed by atoms with E-state index in [-0.39, 0.29) is 0 Å². The van der Waals surface area contributed by atoms with Crippen LogP contribution < -0.4 is 9.64 Å². The Morgan fingerprint density at radius 2 is 2.28 bits per heavy atom. The molecule has 0 saturated carbocycles. The number of aromatic nitrogens is 1. The molecule has 1 N–H and O–H groups in total. The normalized spacial score (nSPS) is 12.2. The third-order valence-electron chi connectivity index (χ3n) is 2.42. The first-order valence-corrected chi connectivity index (χ1v) is 6.15. The first kappa shape index (κ1) is 14.7. The third-order valence-corrected chi connectivity index (χ3v) is 2.42. The first-order valence-electron chi connectivity index (χ1n) is 6.15. The van der Waals surface area contributed by atoms with Crippen LogP contribution in [-0.2, 0) is 4.74 Å². The zero-order valence-electron chi connectivity index (χ0n) is 11.3. The van der Waals surface area contributed by atoms with Gasteiger partial charge in [0.05, 0.1) is 19.3 Å². The van der Waals surface area contributed by atoms with Gasteiger partial charge in [-0.25, -0.2) is 4.98 Å². The smallest absolute Gasteiger partial charge is 0.171 e. The van der Waals surface area contributed by atoms with Gasteiger partial charge >= 0.3 is 0 Å². The molecule has 1 atom stereocenters. The lowest BCUT2D eigenvalue weighted by Gasteiger charge is -2.23. The van der Waals surface area contributed by atoms with Gasteiger partial charge in [0.25, 0.3) is 0 Å². The van der Waals surface area contributed by atoms with Crippen LogP contribution in [0.1, 0.15) is 13.3 Å². The highest BCUT2D eigenvalue weighted by atomic mass is 16.5. The molecule has 0 radical (unpaired) electrons. The number of aliphatic hydroxyl groups excluding tert-OH is 1. The van der Waals surface area contributed by atoms with Crippen LogP contribution in [0.2, 0.25) is 0 Å². The zero-order chi connectivity index (χ0) is 13.4. The fraction of sp³-hybridized carbons (Fsp3) is 0.615. The van der Waals surface area contributed by atoms with E-state index in [1.54, 1.807) is 13.3 Å². The Hall–Kier alpha value is -1.33. The SMILES string of the molecule is CCCOc1cccnc1N(C)CC(O)COC. The Labute approximate surface area is 108 Å². The Morgan fingerprint density at radius 1 is 1.50 bits per heavy atom. The minimum atomic E-state index is -0.541. The topological polar surface area (TPSA) is 54.8 Å². The lowest BCUT2D eigenvalue weighted by atomic mass is 10.3. The van der Waals surface area contributed by atoms with Crippen molar-refractivity contribution in [3.63, 3.8) is 0 Å². The van der Waals surface area contributed by atoms with Gasteiger partial charge in [-0.05, 0) is 18.6 Å². The predicted octanol–water partition coefficient (Wildman–Crippen LogP) is 1.31. The second-order valence-corrected chi connectivity index (χ2v) is 4.16. The summed E-state index contributed by atoms with van der Waals surface area (Å²) in [4.78, 5) is 6.16. The van der Waals surface area contributed by atoms with Gasteiger partial charge in [-0.15, -0.1) is 0 Å². The lowest BCUT2D eigenvalue weighted by molar-refractivity contribution is 0.0693. The maximum atomic E-state index is 9.71. The maximum Gasteiger partial charge on any atom is 0.171 e. The predicted molar refractivity (Wildman–Crippen MR) is 71.2 cm³/mol. The molecule has 0 fully saturated rings. The van der Waals surface area contributed by atoms with Crippen molar-refractivity contribution in [3.8, 4) is 5.75 Å². The van der Waals surface area contributed by atoms with Crippen molar-refractivity contribution in [2.75, 3.05) is 38.8 Å². The summed E-state index contributed by atoms with van der Waals surface area (Å²) in [6, 6.07) is 3.73. The average molecular weight is 254 g/mol. The van der Waals surface area contributed by atoms with Crippen LogP contribution >= 0.6 is 0 Å². The number of anilines is 1. The van der Waals surface area contributed by atoms with Gasteiger partial charge in [-0.3, -0.25) is 0 Å². The summed E-state index contributed by atoms with van der Waals surface area (Å²) in [6.45, 7) is 3.48. The number of hydrogen-bond acceptors (Lipinski definition) is 5. The molecule has 1 heterocycles. The molecular weight excluding hydrogens is 232 g/mol. The first-order chi connectivity index (χ1) is 8.69. The molecule has 0 amide bonds. The number of rotatable bonds is 8. The summed E-state index contributed by atoms with van der Waals surface area (Å²) in [5.41, 5.74) is 0. The molecule has 1 aromatic rings. The van der Waals surface area contributed by atoms with Crippen LogP contribution in [0.3, 0.4) is 0 Å². The van der Waals surface area contributed by atoms with E-state index < -0.39 is 6.10 Å². The molecule has 1 aromatic heterocycles. The summed E-state index contributed by atoms with van der Waals surface area (Å²) < 4.78 is 10.5. The second-order valence-electron chi connectivity index (χ2n) is 4.16. The molecule has 0 bridgehead atoms. The summed E-state index contributed by atoms with van der Waals surface area (Å²) in [5, 5.41) is 9.71. The van der Waals surface area contributed by atoms with E-state index >= 15 is 0 Å². The van der Waals surface area contributed by atoms with Crippen LogP contribution in [0, 0.1) is 0 Å². The molecule has 0 spiro atoms. The van der Waals surface area contributed by atoms with Gasteiger partial charge in [-0.1, -0.05) is 6.92 Å². The molecule has 5 heteroatoms. The number of ether oxygens (including phenoxy) is 2. The van der Waals surface area contributed by atoms with Gasteiger partial charge in [0.15, 0.2) is 11.6 Å². The maximum absolute atomic E-state index is 9.71. The van der Waals surface area contributed by atoms with Gasteiger partial charge in [0.2, 0.25) is 0 Å². The number of methoxy groups -OCH3 is 1. The Bertz CT molecular complexity index is 347. The van der Waals surface area contributed by atoms with Crippen molar-refractivity contribution in [1.82, 2.24) is 4.98 Å². The van der Waals surface area contributed by atoms with Crippen molar-refractivity contribution in [3.05, 3.63) is 18.3 Å². The fourth-order valence-electron chi connectivity index (χ4n) is 1.64. The molecule has 102 valence electrons. The lowest BCUT2D eigenvalue weighted by Crippen LogP contribution is -2.32. The Kier molecular flexibility index (Phi) is 6.46. The summed E-state index contributed by atoms with van der Waals surface area (Å²) in [6.07, 6.45) is 2.12. The zero-order valence-corrected chi connectivity index (χ0v) is 11.3. The molecule has 0 saturated heterocycles. The van der Waals surface area contributed by atoms with Gasteiger partial charge in [0.1, 0.15) is 0 Å². The Balaban J connectivity index is 2.68. The highest BCUT2D eigenvalue weighted by Crippen LogP contribution is 2.24. The third kappa shape index (κ3) is 4.50. The highest BCUT2D eigenvalue weighted by Gasteiger charge is 2.13. The van der Waals surface area contributed by atoms with E-state index in [1.165, 1.54) is 0 Å². The van der Waals surface area contributed by atoms with Crippen LogP contribution in [0.4, 0.5) is 5.82 Å². The average Bonchev–Trinajstić information content (AvgIpc) is 2.36. The fourth-order valence-corrected chi connectivity index (χ4v) is 1.64. The summed E-state index contributed by atoms with van der Waals surface area (Å²) in [5.74, 6) is 1.48. The van der Waals surface area contributed by atoms with Crippen molar-refractivity contribution < 1.29 is 14.6 Å². The van der Waals surface area contributed by atoms with E-state index in [9.17, 15) is 5.11 Å². The molecule has 1 rings (SSSR count). The summed E-state index contributed by atoms with van der Waals surface area (Å²) in [7, 11) is 3.44. The van der Waals surface area contributed by atoms with Gasteiger partial charge < -0.3 is 19.5 Å². The van der Waals surface area contributed by atoms with Crippen molar-refractivity contribution in [1.29, 1.82) is 0 Å². The number of likely N-dealkylation sites (N-methyl/N-ethyl adjacent to an activating group) is 1. The molecule has 0 aliphatic rings. The van der Waals surface area contributed by atoms with Gasteiger partial charge in [-0.2, -0.15) is 0 Å². The van der Waals surface area contributed by atoms with E-state index in [2.05, 4.69) is 11.9 Å². The van der Waals surface area contributed by atoms with E-state index in [0.717, 1.165) is 18.0 Å². The molecule has 5 nitrogen and oxygen atoms in total. The molecule has 1 unspecified atom stereocenters. The molecule has 0 aliphatic carbocycles. The minimum Gasteiger partial charge on any atom is -0.490 e. The van der Waals surface area contributed by atoms with E-state index in [1.807, 2.05) is 24.1 Å². The van der Waals surface area contributed by atoms with E-state index in [0.29, 0.717) is 19.8 Å². The van der Waals surface area contributed by atoms with Crippen LogP contribution in [-0.4, -0.2) is 50.1 Å². The summed E-state index contributed by atoms with van der Waals surface area (Å²) >= 11 is 0. The second kappa shape index (κ2) is 7.89. The molecule has 0 aromatic carbocycles. The standard InChI is InChI=1S/C13H22N2O3/c1-4-8-18-12-6-5-7-14-13(12)15(2)9-11(16)10-17-3/h5-7,11,16H,4,8-10H2,1-3H3. The number of hydrogen-bond donors (Lipinski definition) is 1. The highest BCUT2D eigenvalue weighted by molar-refractivity contribution is 5.51. The van der Waals surface area contributed by atoms with Crippen LogP contribution in [0.15, 0.2) is 18.3 Å². The number of aliphatic hydroxyl groups is 1. The monoisotopic (exact) mass is 254 g/mol. The van der Waals surface area contributed by atoms with E-state index in [4.69, 9.17) is 9.47 Å². The van der Waals surface area contributed by atoms with Crippen molar-refractivity contribution >= 4 is 5.82 Å². The van der Waals surface area contributed by atoms with Gasteiger partial charge in [0, 0.05) is 26.9 Å². The van der Waals surface area contributed by atoms with Crippen LogP contribution in [0.25, 0.3) is 0 Å². The van der Waals surface area contributed by atoms with Crippen LogP contribution in [0.5, 0.6) is 5.75 Å². The quantitative estimate of drug-likeness (QED) is 0.758. The molecular formula is C13H22N2O3.